The summed E-state index contributed by atoms with van der Waals surface area (Å²) in [4.78, 5) is 29.5. The number of anilines is 1. The molecule has 0 heterocycles. The van der Waals surface area contributed by atoms with E-state index in [-0.39, 0.29) is 18.5 Å². The summed E-state index contributed by atoms with van der Waals surface area (Å²) in [6.45, 7) is 1.49. The molecule has 2 amide bonds. The Balaban J connectivity index is 1.72. The van der Waals surface area contributed by atoms with Crippen molar-refractivity contribution in [1.82, 2.24) is 10.2 Å². The number of benzene rings is 3. The van der Waals surface area contributed by atoms with Crippen molar-refractivity contribution in [2.75, 3.05) is 17.1 Å². The Labute approximate surface area is 242 Å². The number of aryl methyl sites for hydroxylation is 1. The molecule has 9 heteroatoms. The summed E-state index contributed by atoms with van der Waals surface area (Å²) < 4.78 is 27.0. The van der Waals surface area contributed by atoms with E-state index < -0.39 is 28.5 Å². The first-order valence-electron chi connectivity index (χ1n) is 13.5. The Bertz CT molecular complexity index is 1410. The summed E-state index contributed by atoms with van der Waals surface area (Å²) in [5.74, 6) is -0.703. The van der Waals surface area contributed by atoms with Crippen molar-refractivity contribution >= 4 is 39.1 Å². The van der Waals surface area contributed by atoms with E-state index in [1.54, 1.807) is 37.3 Å². The lowest BCUT2D eigenvalue weighted by Gasteiger charge is -2.34. The monoisotopic (exact) mass is 581 g/mol. The highest BCUT2D eigenvalue weighted by molar-refractivity contribution is 7.92. The van der Waals surface area contributed by atoms with Crippen LogP contribution >= 0.6 is 11.6 Å². The normalized spacial score (nSPS) is 14.5. The first-order valence-corrected chi connectivity index (χ1v) is 15.8. The summed E-state index contributed by atoms with van der Waals surface area (Å²) in [5.41, 5.74) is 2.85. The van der Waals surface area contributed by atoms with Crippen LogP contribution < -0.4 is 9.62 Å². The van der Waals surface area contributed by atoms with E-state index in [9.17, 15) is 18.0 Å². The second-order valence-corrected chi connectivity index (χ2v) is 12.7. The van der Waals surface area contributed by atoms with E-state index in [1.807, 2.05) is 48.5 Å². The summed E-state index contributed by atoms with van der Waals surface area (Å²) in [7, 11) is -3.80. The standard InChI is InChI=1S/C31H36ClN3O4S/c1-23-10-6-9-15-28(23)35(40(2,38)39)22-30(36)34(21-25-16-18-26(32)19-17-25)29(20-24-11-4-3-5-12-24)31(37)33-27-13-7-8-14-27/h3-6,9-12,15-19,27,29H,7-8,13-14,20-22H2,1-2H3,(H,33,37)/t29-/m1/s1. The van der Waals surface area contributed by atoms with Crippen molar-refractivity contribution < 1.29 is 18.0 Å². The minimum atomic E-state index is -3.80. The SMILES string of the molecule is Cc1ccccc1N(CC(=O)N(Cc1ccc(Cl)cc1)[C@H](Cc1ccccc1)C(=O)NC1CCCC1)S(C)(=O)=O. The Kier molecular flexibility index (Phi) is 9.87. The molecule has 7 nitrogen and oxygen atoms in total. The number of hydrogen-bond acceptors (Lipinski definition) is 4. The van der Waals surface area contributed by atoms with Crippen LogP contribution in [0, 0.1) is 6.92 Å². The predicted octanol–water partition coefficient (Wildman–Crippen LogP) is 5.11. The van der Waals surface area contributed by atoms with Gasteiger partial charge in [0, 0.05) is 24.0 Å². The number of sulfonamides is 1. The number of carbonyl (C=O) groups excluding carboxylic acids is 2. The Hall–Kier alpha value is -3.36. The molecule has 1 aliphatic carbocycles. The third kappa shape index (κ3) is 7.86. The lowest BCUT2D eigenvalue weighted by atomic mass is 10.0. The van der Waals surface area contributed by atoms with Crippen molar-refractivity contribution in [3.8, 4) is 0 Å². The fourth-order valence-electron chi connectivity index (χ4n) is 5.15. The van der Waals surface area contributed by atoms with Crippen molar-refractivity contribution in [1.29, 1.82) is 0 Å². The molecule has 1 fully saturated rings. The highest BCUT2D eigenvalue weighted by Crippen LogP contribution is 2.24. The van der Waals surface area contributed by atoms with Crippen LogP contribution in [0.5, 0.6) is 0 Å². The smallest absolute Gasteiger partial charge is 0.244 e. The van der Waals surface area contributed by atoms with Crippen LogP contribution in [0.25, 0.3) is 0 Å². The Morgan fingerprint density at radius 1 is 0.925 bits per heavy atom. The number of nitrogens with zero attached hydrogens (tertiary/aromatic N) is 2. The fourth-order valence-corrected chi connectivity index (χ4v) is 6.18. The van der Waals surface area contributed by atoms with Gasteiger partial charge >= 0.3 is 0 Å². The molecule has 0 radical (unpaired) electrons. The van der Waals surface area contributed by atoms with E-state index in [0.29, 0.717) is 17.1 Å². The van der Waals surface area contributed by atoms with Crippen LogP contribution in [0.3, 0.4) is 0 Å². The Morgan fingerprint density at radius 2 is 1.55 bits per heavy atom. The first kappa shape index (κ1) is 29.6. The molecule has 0 unspecified atom stereocenters. The van der Waals surface area contributed by atoms with Gasteiger partial charge in [0.15, 0.2) is 0 Å². The maximum absolute atomic E-state index is 14.1. The molecular weight excluding hydrogens is 546 g/mol. The van der Waals surface area contributed by atoms with E-state index in [4.69, 9.17) is 11.6 Å². The molecule has 1 saturated carbocycles. The van der Waals surface area contributed by atoms with Crippen molar-refractivity contribution in [2.45, 2.75) is 57.7 Å². The molecule has 40 heavy (non-hydrogen) atoms. The topological polar surface area (TPSA) is 86.8 Å². The number of carbonyl (C=O) groups is 2. The van der Waals surface area contributed by atoms with Gasteiger partial charge in [-0.15, -0.1) is 0 Å². The molecule has 0 saturated heterocycles. The van der Waals surface area contributed by atoms with Crippen molar-refractivity contribution in [2.24, 2.45) is 0 Å². The summed E-state index contributed by atoms with van der Waals surface area (Å²) in [5, 5.41) is 3.73. The minimum absolute atomic E-state index is 0.0674. The highest BCUT2D eigenvalue weighted by atomic mass is 35.5. The van der Waals surface area contributed by atoms with Crippen LogP contribution in [-0.4, -0.2) is 50.0 Å². The van der Waals surface area contributed by atoms with E-state index >= 15 is 0 Å². The van der Waals surface area contributed by atoms with Gasteiger partial charge in [-0.05, 0) is 54.7 Å². The first-order chi connectivity index (χ1) is 19.1. The molecule has 212 valence electrons. The van der Waals surface area contributed by atoms with Crippen LogP contribution in [0.1, 0.15) is 42.4 Å². The molecule has 1 aliphatic rings. The maximum Gasteiger partial charge on any atom is 0.244 e. The predicted molar refractivity (Wildman–Crippen MR) is 160 cm³/mol. The van der Waals surface area contributed by atoms with E-state index in [1.165, 1.54) is 4.90 Å². The number of nitrogens with one attached hydrogen (secondary N) is 1. The van der Waals surface area contributed by atoms with Gasteiger partial charge in [0.1, 0.15) is 12.6 Å². The summed E-state index contributed by atoms with van der Waals surface area (Å²) in [6.07, 6.45) is 5.31. The number of amides is 2. The molecule has 1 atom stereocenters. The molecule has 0 bridgehead atoms. The molecule has 0 spiro atoms. The molecule has 4 rings (SSSR count). The number of hydrogen-bond donors (Lipinski definition) is 1. The van der Waals surface area contributed by atoms with Gasteiger partial charge in [0.05, 0.1) is 11.9 Å². The average Bonchev–Trinajstić information content (AvgIpc) is 3.43. The second kappa shape index (κ2) is 13.3. The molecular formula is C31H36ClN3O4S. The molecule has 3 aromatic rings. The van der Waals surface area contributed by atoms with E-state index in [2.05, 4.69) is 5.32 Å². The lowest BCUT2D eigenvalue weighted by Crippen LogP contribution is -2.54. The maximum atomic E-state index is 14.1. The lowest BCUT2D eigenvalue weighted by molar-refractivity contribution is -0.140. The zero-order valence-electron chi connectivity index (χ0n) is 22.9. The summed E-state index contributed by atoms with van der Waals surface area (Å²) in [6, 6.07) is 22.9. The van der Waals surface area contributed by atoms with Gasteiger partial charge in [-0.25, -0.2) is 8.42 Å². The van der Waals surface area contributed by atoms with Gasteiger partial charge in [-0.1, -0.05) is 85.1 Å². The Morgan fingerprint density at radius 3 is 2.17 bits per heavy atom. The zero-order chi connectivity index (χ0) is 28.7. The van der Waals surface area contributed by atoms with Crippen LogP contribution in [0.2, 0.25) is 5.02 Å². The minimum Gasteiger partial charge on any atom is -0.352 e. The van der Waals surface area contributed by atoms with E-state index in [0.717, 1.165) is 52.9 Å². The molecule has 0 aromatic heterocycles. The quantitative estimate of drug-likeness (QED) is 0.341. The van der Waals surface area contributed by atoms with Crippen LogP contribution in [-0.2, 0) is 32.6 Å². The number of para-hydroxylation sites is 1. The zero-order valence-corrected chi connectivity index (χ0v) is 24.5. The largest absolute Gasteiger partial charge is 0.352 e. The van der Waals surface area contributed by atoms with Crippen LogP contribution in [0.15, 0.2) is 78.9 Å². The van der Waals surface area contributed by atoms with Gasteiger partial charge in [-0.2, -0.15) is 0 Å². The average molecular weight is 582 g/mol. The molecule has 0 aliphatic heterocycles. The molecule has 3 aromatic carbocycles. The summed E-state index contributed by atoms with van der Waals surface area (Å²) >= 11 is 6.11. The number of rotatable bonds is 11. The second-order valence-electron chi connectivity index (χ2n) is 10.4. The number of halogens is 1. The van der Waals surface area contributed by atoms with Crippen molar-refractivity contribution in [3.05, 3.63) is 101 Å². The van der Waals surface area contributed by atoms with Gasteiger partial charge in [0.25, 0.3) is 0 Å². The van der Waals surface area contributed by atoms with Gasteiger partial charge in [0.2, 0.25) is 21.8 Å². The van der Waals surface area contributed by atoms with Gasteiger partial charge in [-0.3, -0.25) is 13.9 Å². The molecule has 1 N–H and O–H groups in total. The fraction of sp³-hybridized carbons (Fsp3) is 0.355. The van der Waals surface area contributed by atoms with Crippen LogP contribution in [0.4, 0.5) is 5.69 Å². The third-order valence-electron chi connectivity index (χ3n) is 7.30. The highest BCUT2D eigenvalue weighted by Gasteiger charge is 2.34. The van der Waals surface area contributed by atoms with Gasteiger partial charge < -0.3 is 10.2 Å². The third-order valence-corrected chi connectivity index (χ3v) is 8.68. The van der Waals surface area contributed by atoms with Crippen molar-refractivity contribution in [3.63, 3.8) is 0 Å².